The molecule has 1 aliphatic rings. The third kappa shape index (κ3) is 3.56. The first-order chi connectivity index (χ1) is 8.15. The van der Waals surface area contributed by atoms with Crippen LogP contribution in [0.4, 0.5) is 0 Å². The molecule has 0 aliphatic heterocycles. The molecule has 1 heterocycles. The van der Waals surface area contributed by atoms with Gasteiger partial charge in [-0.3, -0.25) is 0 Å². The first kappa shape index (κ1) is 12.6. The summed E-state index contributed by atoms with van der Waals surface area (Å²) in [6.45, 7) is 8.81. The number of rotatable bonds is 5. The molecular formula is C14H25N3. The lowest BCUT2D eigenvalue weighted by Gasteiger charge is -2.15. The molecule has 0 bridgehead atoms. The van der Waals surface area contributed by atoms with Crippen LogP contribution in [0.1, 0.15) is 45.7 Å². The third-order valence-corrected chi connectivity index (χ3v) is 3.75. The van der Waals surface area contributed by atoms with E-state index in [0.717, 1.165) is 24.9 Å². The van der Waals surface area contributed by atoms with Gasteiger partial charge in [0, 0.05) is 25.3 Å². The molecule has 2 rings (SSSR count). The van der Waals surface area contributed by atoms with E-state index in [1.807, 2.05) is 12.5 Å². The minimum Gasteiger partial charge on any atom is -0.333 e. The summed E-state index contributed by atoms with van der Waals surface area (Å²) in [5, 5.41) is 3.46. The van der Waals surface area contributed by atoms with Crippen molar-refractivity contribution in [2.45, 2.75) is 59.2 Å². The highest BCUT2D eigenvalue weighted by atomic mass is 15.1. The smallest absolute Gasteiger partial charge is 0.0948 e. The molecule has 96 valence electrons. The van der Waals surface area contributed by atoms with Gasteiger partial charge in [0.05, 0.1) is 12.0 Å². The summed E-state index contributed by atoms with van der Waals surface area (Å²) in [6, 6.07) is 0.532. The molecule has 3 nitrogen and oxygen atoms in total. The maximum atomic E-state index is 4.28. The molecular weight excluding hydrogens is 210 g/mol. The molecule has 1 aliphatic carbocycles. The lowest BCUT2D eigenvalue weighted by atomic mass is 10.1. The van der Waals surface area contributed by atoms with Crippen molar-refractivity contribution < 1.29 is 0 Å². The van der Waals surface area contributed by atoms with Crippen LogP contribution in [0.5, 0.6) is 0 Å². The largest absolute Gasteiger partial charge is 0.333 e. The van der Waals surface area contributed by atoms with E-state index in [0.29, 0.717) is 6.04 Å². The van der Waals surface area contributed by atoms with Crippen LogP contribution in [0.2, 0.25) is 0 Å². The summed E-state index contributed by atoms with van der Waals surface area (Å²) < 4.78 is 2.33. The Morgan fingerprint density at radius 3 is 2.94 bits per heavy atom. The highest BCUT2D eigenvalue weighted by Gasteiger charge is 2.22. The van der Waals surface area contributed by atoms with E-state index in [2.05, 4.69) is 35.6 Å². The second-order valence-corrected chi connectivity index (χ2v) is 5.86. The molecule has 3 heteroatoms. The average Bonchev–Trinajstić information content (AvgIpc) is 2.86. The average molecular weight is 235 g/mol. The van der Waals surface area contributed by atoms with Gasteiger partial charge >= 0.3 is 0 Å². The minimum absolute atomic E-state index is 0.532. The van der Waals surface area contributed by atoms with Gasteiger partial charge in [0.25, 0.3) is 0 Å². The second kappa shape index (κ2) is 5.67. The fraction of sp³-hybridized carbons (Fsp3) is 0.786. The molecule has 0 saturated heterocycles. The van der Waals surface area contributed by atoms with Crippen molar-refractivity contribution >= 4 is 0 Å². The predicted octanol–water partition coefficient (Wildman–Crippen LogP) is 2.82. The van der Waals surface area contributed by atoms with Crippen molar-refractivity contribution in [3.8, 4) is 0 Å². The van der Waals surface area contributed by atoms with Crippen LogP contribution in [-0.4, -0.2) is 15.6 Å². The van der Waals surface area contributed by atoms with Gasteiger partial charge in [-0.25, -0.2) is 4.98 Å². The molecule has 17 heavy (non-hydrogen) atoms. The van der Waals surface area contributed by atoms with Crippen LogP contribution in [0.15, 0.2) is 12.5 Å². The van der Waals surface area contributed by atoms with Gasteiger partial charge in [-0.1, -0.05) is 27.2 Å². The Morgan fingerprint density at radius 2 is 2.29 bits per heavy atom. The van der Waals surface area contributed by atoms with Crippen molar-refractivity contribution in [3.63, 3.8) is 0 Å². The summed E-state index contributed by atoms with van der Waals surface area (Å²) in [7, 11) is 0. The van der Waals surface area contributed by atoms with Gasteiger partial charge < -0.3 is 9.88 Å². The van der Waals surface area contributed by atoms with E-state index in [1.54, 1.807) is 0 Å². The zero-order valence-electron chi connectivity index (χ0n) is 11.3. The highest BCUT2D eigenvalue weighted by molar-refractivity contribution is 4.98. The molecule has 0 radical (unpaired) electrons. The van der Waals surface area contributed by atoms with Crippen molar-refractivity contribution in [1.29, 1.82) is 0 Å². The van der Waals surface area contributed by atoms with Crippen molar-refractivity contribution in [1.82, 2.24) is 14.9 Å². The summed E-state index contributed by atoms with van der Waals surface area (Å²) >= 11 is 0. The predicted molar refractivity (Wildman–Crippen MR) is 70.7 cm³/mol. The van der Waals surface area contributed by atoms with E-state index >= 15 is 0 Å². The van der Waals surface area contributed by atoms with E-state index in [9.17, 15) is 0 Å². The number of nitrogens with zero attached hydrogens (tertiary/aromatic N) is 2. The van der Waals surface area contributed by atoms with Crippen LogP contribution in [0.25, 0.3) is 0 Å². The molecule has 2 unspecified atom stereocenters. The summed E-state index contributed by atoms with van der Waals surface area (Å²) in [5.41, 5.74) is 1.32. The normalized spacial score (nSPS) is 24.7. The second-order valence-electron chi connectivity index (χ2n) is 5.86. The highest BCUT2D eigenvalue weighted by Crippen LogP contribution is 2.31. The van der Waals surface area contributed by atoms with Crippen LogP contribution in [-0.2, 0) is 13.1 Å². The summed E-state index contributed by atoms with van der Waals surface area (Å²) in [6.07, 6.45) is 8.15. The lowest BCUT2D eigenvalue weighted by Crippen LogP contribution is -2.24. The molecule has 1 aromatic rings. The summed E-state index contributed by atoms with van der Waals surface area (Å²) in [4.78, 5) is 4.28. The molecule has 1 fully saturated rings. The van der Waals surface area contributed by atoms with Crippen LogP contribution >= 0.6 is 0 Å². The minimum atomic E-state index is 0.532. The summed E-state index contributed by atoms with van der Waals surface area (Å²) in [5.74, 6) is 1.78. The molecule has 0 amide bonds. The van der Waals surface area contributed by atoms with Gasteiger partial charge in [-0.2, -0.15) is 0 Å². The Hall–Kier alpha value is -0.830. The molecule has 2 atom stereocenters. The van der Waals surface area contributed by atoms with Crippen LogP contribution in [0.3, 0.4) is 0 Å². The Bertz CT molecular complexity index is 343. The first-order valence-corrected chi connectivity index (χ1v) is 6.87. The maximum absolute atomic E-state index is 4.28. The fourth-order valence-corrected chi connectivity index (χ4v) is 2.74. The van der Waals surface area contributed by atoms with Gasteiger partial charge in [-0.05, 0) is 24.7 Å². The van der Waals surface area contributed by atoms with E-state index in [1.165, 1.54) is 25.0 Å². The molecule has 1 saturated carbocycles. The quantitative estimate of drug-likeness (QED) is 0.850. The van der Waals surface area contributed by atoms with Crippen LogP contribution in [0, 0.1) is 11.8 Å². The van der Waals surface area contributed by atoms with Gasteiger partial charge in [0.15, 0.2) is 0 Å². The topological polar surface area (TPSA) is 29.9 Å². The van der Waals surface area contributed by atoms with Gasteiger partial charge in [-0.15, -0.1) is 0 Å². The molecule has 0 aromatic carbocycles. The Morgan fingerprint density at radius 1 is 1.47 bits per heavy atom. The Balaban J connectivity index is 1.89. The van der Waals surface area contributed by atoms with Crippen molar-refractivity contribution in [3.05, 3.63) is 18.2 Å². The van der Waals surface area contributed by atoms with Gasteiger partial charge in [0.2, 0.25) is 0 Å². The number of hydrogen-bond acceptors (Lipinski definition) is 2. The maximum Gasteiger partial charge on any atom is 0.0948 e. The Labute approximate surface area is 105 Å². The molecule has 1 N–H and O–H groups in total. The molecule has 0 spiro atoms. The van der Waals surface area contributed by atoms with Gasteiger partial charge in [0.1, 0.15) is 0 Å². The zero-order chi connectivity index (χ0) is 12.3. The van der Waals surface area contributed by atoms with E-state index < -0.39 is 0 Å². The zero-order valence-corrected chi connectivity index (χ0v) is 11.3. The number of imidazole rings is 1. The van der Waals surface area contributed by atoms with E-state index in [-0.39, 0.29) is 0 Å². The van der Waals surface area contributed by atoms with Crippen LogP contribution < -0.4 is 5.32 Å². The fourth-order valence-electron chi connectivity index (χ4n) is 2.74. The SMILES string of the molecule is CC1CCC(Cn2cncc2CNC(C)C)C1. The standard InChI is InChI=1S/C14H25N3/c1-11(2)16-8-14-7-15-10-17(14)9-13-5-4-12(3)6-13/h7,10-13,16H,4-6,8-9H2,1-3H3. The first-order valence-electron chi connectivity index (χ1n) is 6.87. The number of hydrogen-bond donors (Lipinski definition) is 1. The monoisotopic (exact) mass is 235 g/mol. The third-order valence-electron chi connectivity index (χ3n) is 3.75. The van der Waals surface area contributed by atoms with Crippen molar-refractivity contribution in [2.75, 3.05) is 0 Å². The van der Waals surface area contributed by atoms with Crippen molar-refractivity contribution in [2.24, 2.45) is 11.8 Å². The molecule has 1 aromatic heterocycles. The Kier molecular flexibility index (Phi) is 4.21. The number of nitrogens with one attached hydrogen (secondary N) is 1. The number of aromatic nitrogens is 2. The lowest BCUT2D eigenvalue weighted by molar-refractivity contribution is 0.427. The van der Waals surface area contributed by atoms with E-state index in [4.69, 9.17) is 0 Å².